The predicted octanol–water partition coefficient (Wildman–Crippen LogP) is 2.96. The molecule has 0 bridgehead atoms. The Morgan fingerprint density at radius 2 is 2.04 bits per heavy atom. The van der Waals surface area contributed by atoms with Crippen LogP contribution >= 0.6 is 0 Å². The maximum absolute atomic E-state index is 13.9. The molecule has 1 fully saturated rings. The molecule has 0 radical (unpaired) electrons. The number of aromatic amines is 1. The van der Waals surface area contributed by atoms with E-state index in [2.05, 4.69) is 19.9 Å². The molecular formula is C20H19FN4O. The first-order valence-electron chi connectivity index (χ1n) is 8.67. The van der Waals surface area contributed by atoms with Crippen LogP contribution in [0, 0.1) is 5.82 Å². The minimum absolute atomic E-state index is 0.159. The molecule has 3 heterocycles. The van der Waals surface area contributed by atoms with Crippen molar-refractivity contribution in [2.75, 3.05) is 13.1 Å². The number of aromatic nitrogens is 3. The van der Waals surface area contributed by atoms with E-state index in [0.29, 0.717) is 23.6 Å². The SMILES string of the molecule is O=c1cc([C@H]2CCN(Cc3ccccc3F)C2)nc(-c2ccccn2)[nH]1. The van der Waals surface area contributed by atoms with Gasteiger partial charge in [0.25, 0.3) is 5.56 Å². The molecule has 1 saturated heterocycles. The summed E-state index contributed by atoms with van der Waals surface area (Å²) in [6, 6.07) is 13.9. The molecule has 0 unspecified atom stereocenters. The van der Waals surface area contributed by atoms with Crippen LogP contribution in [0.2, 0.25) is 0 Å². The molecule has 1 atom stereocenters. The maximum Gasteiger partial charge on any atom is 0.251 e. The molecule has 0 amide bonds. The number of benzene rings is 1. The van der Waals surface area contributed by atoms with Crippen molar-refractivity contribution >= 4 is 0 Å². The average Bonchev–Trinajstić information content (AvgIpc) is 3.13. The van der Waals surface area contributed by atoms with Crippen LogP contribution in [0.1, 0.15) is 23.6 Å². The van der Waals surface area contributed by atoms with E-state index < -0.39 is 0 Å². The monoisotopic (exact) mass is 350 g/mol. The molecule has 2 aromatic heterocycles. The summed E-state index contributed by atoms with van der Waals surface area (Å²) in [6.45, 7) is 2.18. The molecule has 1 aliphatic heterocycles. The van der Waals surface area contributed by atoms with E-state index >= 15 is 0 Å². The zero-order chi connectivity index (χ0) is 17.9. The molecule has 4 rings (SSSR count). The predicted molar refractivity (Wildman–Crippen MR) is 97.1 cm³/mol. The van der Waals surface area contributed by atoms with Gasteiger partial charge in [-0.25, -0.2) is 9.37 Å². The molecule has 1 N–H and O–H groups in total. The van der Waals surface area contributed by atoms with E-state index in [1.807, 2.05) is 30.3 Å². The summed E-state index contributed by atoms with van der Waals surface area (Å²) in [5.41, 5.74) is 1.93. The van der Waals surface area contributed by atoms with Crippen molar-refractivity contribution in [2.24, 2.45) is 0 Å². The summed E-state index contributed by atoms with van der Waals surface area (Å²) in [5.74, 6) is 0.467. The van der Waals surface area contributed by atoms with Gasteiger partial charge < -0.3 is 4.98 Å². The summed E-state index contributed by atoms with van der Waals surface area (Å²) in [6.07, 6.45) is 2.57. The van der Waals surface area contributed by atoms with Crippen LogP contribution < -0.4 is 5.56 Å². The molecular weight excluding hydrogens is 331 g/mol. The normalized spacial score (nSPS) is 17.5. The van der Waals surface area contributed by atoms with Crippen molar-refractivity contribution in [3.05, 3.63) is 82.2 Å². The fourth-order valence-corrected chi connectivity index (χ4v) is 3.39. The minimum atomic E-state index is -0.178. The number of likely N-dealkylation sites (tertiary alicyclic amines) is 1. The van der Waals surface area contributed by atoms with Crippen LogP contribution in [-0.4, -0.2) is 32.9 Å². The van der Waals surface area contributed by atoms with E-state index in [1.165, 1.54) is 6.07 Å². The number of halogens is 1. The Morgan fingerprint density at radius 1 is 1.19 bits per heavy atom. The van der Waals surface area contributed by atoms with Gasteiger partial charge >= 0.3 is 0 Å². The quantitative estimate of drug-likeness (QED) is 0.786. The van der Waals surface area contributed by atoms with Gasteiger partial charge in [-0.3, -0.25) is 14.7 Å². The highest BCUT2D eigenvalue weighted by Gasteiger charge is 2.26. The van der Waals surface area contributed by atoms with Gasteiger partial charge in [0.15, 0.2) is 5.82 Å². The number of nitrogens with zero attached hydrogens (tertiary/aromatic N) is 3. The van der Waals surface area contributed by atoms with Gasteiger partial charge in [-0.2, -0.15) is 0 Å². The molecule has 132 valence electrons. The summed E-state index contributed by atoms with van der Waals surface area (Å²) >= 11 is 0. The number of rotatable bonds is 4. The number of hydrogen-bond acceptors (Lipinski definition) is 4. The highest BCUT2D eigenvalue weighted by Crippen LogP contribution is 2.27. The second kappa shape index (κ2) is 7.17. The summed E-state index contributed by atoms with van der Waals surface area (Å²) in [4.78, 5) is 25.9. The van der Waals surface area contributed by atoms with Crippen LogP contribution in [0.5, 0.6) is 0 Å². The van der Waals surface area contributed by atoms with Crippen LogP contribution in [0.15, 0.2) is 59.5 Å². The fraction of sp³-hybridized carbons (Fsp3) is 0.250. The van der Waals surface area contributed by atoms with Gasteiger partial charge in [0.05, 0.1) is 5.69 Å². The Morgan fingerprint density at radius 3 is 2.85 bits per heavy atom. The van der Waals surface area contributed by atoms with Crippen LogP contribution in [-0.2, 0) is 6.54 Å². The van der Waals surface area contributed by atoms with Crippen molar-refractivity contribution in [1.29, 1.82) is 0 Å². The second-order valence-corrected chi connectivity index (χ2v) is 6.55. The Balaban J connectivity index is 1.53. The number of hydrogen-bond donors (Lipinski definition) is 1. The van der Waals surface area contributed by atoms with Crippen molar-refractivity contribution in [3.8, 4) is 11.5 Å². The fourth-order valence-electron chi connectivity index (χ4n) is 3.39. The highest BCUT2D eigenvalue weighted by molar-refractivity contribution is 5.48. The first kappa shape index (κ1) is 16.6. The van der Waals surface area contributed by atoms with Gasteiger partial charge in [0, 0.05) is 36.8 Å². The topological polar surface area (TPSA) is 61.9 Å². The van der Waals surface area contributed by atoms with Gasteiger partial charge in [-0.1, -0.05) is 24.3 Å². The third kappa shape index (κ3) is 3.55. The third-order valence-electron chi connectivity index (χ3n) is 4.71. The Hall–Kier alpha value is -2.86. The summed E-state index contributed by atoms with van der Waals surface area (Å²) < 4.78 is 13.9. The van der Waals surface area contributed by atoms with Crippen LogP contribution in [0.4, 0.5) is 4.39 Å². The minimum Gasteiger partial charge on any atom is -0.305 e. The molecule has 0 spiro atoms. The van der Waals surface area contributed by atoms with E-state index in [9.17, 15) is 9.18 Å². The van der Waals surface area contributed by atoms with Gasteiger partial charge in [0.2, 0.25) is 0 Å². The van der Waals surface area contributed by atoms with Gasteiger partial charge in [-0.15, -0.1) is 0 Å². The Labute approximate surface area is 150 Å². The van der Waals surface area contributed by atoms with Crippen molar-refractivity contribution < 1.29 is 4.39 Å². The first-order valence-corrected chi connectivity index (χ1v) is 8.67. The average molecular weight is 350 g/mol. The van der Waals surface area contributed by atoms with Crippen molar-refractivity contribution in [3.63, 3.8) is 0 Å². The lowest BCUT2D eigenvalue weighted by atomic mass is 10.0. The zero-order valence-corrected chi connectivity index (χ0v) is 14.2. The largest absolute Gasteiger partial charge is 0.305 e. The molecule has 1 aliphatic rings. The standard InChI is InChI=1S/C20H19FN4O/c21-16-6-2-1-5-14(16)12-25-10-8-15(13-25)18-11-19(26)24-20(23-18)17-7-3-4-9-22-17/h1-7,9,11,15H,8,10,12-13H2,(H,23,24,26)/t15-/m0/s1. The van der Waals surface area contributed by atoms with Crippen LogP contribution in [0.25, 0.3) is 11.5 Å². The maximum atomic E-state index is 13.9. The molecule has 0 saturated carbocycles. The highest BCUT2D eigenvalue weighted by atomic mass is 19.1. The number of H-pyrrole nitrogens is 1. The first-order chi connectivity index (χ1) is 12.7. The molecule has 26 heavy (non-hydrogen) atoms. The smallest absolute Gasteiger partial charge is 0.251 e. The number of pyridine rings is 1. The van der Waals surface area contributed by atoms with Gasteiger partial charge in [-0.05, 0) is 31.2 Å². The summed E-state index contributed by atoms with van der Waals surface area (Å²) in [5, 5.41) is 0. The van der Waals surface area contributed by atoms with E-state index in [4.69, 9.17) is 0 Å². The van der Waals surface area contributed by atoms with Crippen LogP contribution in [0.3, 0.4) is 0 Å². The second-order valence-electron chi connectivity index (χ2n) is 6.55. The molecule has 6 heteroatoms. The van der Waals surface area contributed by atoms with Gasteiger partial charge in [0.1, 0.15) is 11.5 Å². The van der Waals surface area contributed by atoms with Crippen molar-refractivity contribution in [1.82, 2.24) is 19.9 Å². The third-order valence-corrected chi connectivity index (χ3v) is 4.71. The summed E-state index contributed by atoms with van der Waals surface area (Å²) in [7, 11) is 0. The molecule has 1 aromatic carbocycles. The molecule has 3 aromatic rings. The molecule has 0 aliphatic carbocycles. The lowest BCUT2D eigenvalue weighted by Gasteiger charge is -2.16. The van der Waals surface area contributed by atoms with E-state index in [-0.39, 0.29) is 17.3 Å². The van der Waals surface area contributed by atoms with E-state index in [0.717, 1.165) is 25.2 Å². The zero-order valence-electron chi connectivity index (χ0n) is 14.2. The number of nitrogens with one attached hydrogen (secondary N) is 1. The van der Waals surface area contributed by atoms with E-state index in [1.54, 1.807) is 18.3 Å². The Bertz CT molecular complexity index is 957. The van der Waals surface area contributed by atoms with Crippen molar-refractivity contribution in [2.45, 2.75) is 18.9 Å². The lowest BCUT2D eigenvalue weighted by Crippen LogP contribution is -2.21. The molecule has 5 nitrogen and oxygen atoms in total. The Kier molecular flexibility index (Phi) is 4.58. The lowest BCUT2D eigenvalue weighted by molar-refractivity contribution is 0.320.